The van der Waals surface area contributed by atoms with E-state index in [1.807, 2.05) is 43.3 Å². The molecule has 19 heavy (non-hydrogen) atoms. The minimum Gasteiger partial charge on any atom is -0.497 e. The molecule has 0 aliphatic carbocycles. The molecule has 2 rings (SSSR count). The molecule has 4 heteroatoms. The van der Waals surface area contributed by atoms with Crippen LogP contribution >= 0.6 is 0 Å². The predicted octanol–water partition coefficient (Wildman–Crippen LogP) is 2.71. The van der Waals surface area contributed by atoms with Gasteiger partial charge in [-0.3, -0.25) is 4.79 Å². The fraction of sp³-hybridized carbons (Fsp3) is 0.267. The van der Waals surface area contributed by atoms with Gasteiger partial charge in [0, 0.05) is 0 Å². The molecule has 0 saturated heterocycles. The molecule has 0 aliphatic rings. The van der Waals surface area contributed by atoms with Crippen molar-refractivity contribution in [3.63, 3.8) is 0 Å². The highest BCUT2D eigenvalue weighted by Crippen LogP contribution is 2.14. The van der Waals surface area contributed by atoms with E-state index in [4.69, 9.17) is 9.15 Å². The van der Waals surface area contributed by atoms with Crippen molar-refractivity contribution >= 4 is 5.91 Å². The second kappa shape index (κ2) is 6.09. The second-order valence-corrected chi connectivity index (χ2v) is 4.33. The molecule has 1 unspecified atom stereocenters. The van der Waals surface area contributed by atoms with Crippen LogP contribution in [0.25, 0.3) is 0 Å². The fourth-order valence-electron chi connectivity index (χ4n) is 1.83. The average molecular weight is 259 g/mol. The van der Waals surface area contributed by atoms with Gasteiger partial charge in [-0.15, -0.1) is 0 Å². The molecule has 0 saturated carbocycles. The molecule has 0 spiro atoms. The number of methoxy groups -OCH3 is 1. The van der Waals surface area contributed by atoms with Gasteiger partial charge in [-0.25, -0.2) is 0 Å². The van der Waals surface area contributed by atoms with Crippen molar-refractivity contribution in [1.29, 1.82) is 0 Å². The highest BCUT2D eigenvalue weighted by atomic mass is 16.5. The Morgan fingerprint density at radius 2 is 2.05 bits per heavy atom. The highest BCUT2D eigenvalue weighted by Gasteiger charge is 2.12. The largest absolute Gasteiger partial charge is 0.497 e. The minimum absolute atomic E-state index is 0.0333. The van der Waals surface area contributed by atoms with Crippen molar-refractivity contribution in [3.05, 3.63) is 54.0 Å². The molecule has 1 N–H and O–H groups in total. The van der Waals surface area contributed by atoms with Crippen LogP contribution in [0.1, 0.15) is 24.3 Å². The van der Waals surface area contributed by atoms with Crippen molar-refractivity contribution in [2.24, 2.45) is 0 Å². The summed E-state index contributed by atoms with van der Waals surface area (Å²) in [5.41, 5.74) is 0.949. The fourth-order valence-corrected chi connectivity index (χ4v) is 1.83. The molecule has 100 valence electrons. The van der Waals surface area contributed by atoms with Gasteiger partial charge < -0.3 is 14.5 Å². The lowest BCUT2D eigenvalue weighted by molar-refractivity contribution is -0.121. The van der Waals surface area contributed by atoms with E-state index in [9.17, 15) is 4.79 Å². The van der Waals surface area contributed by atoms with E-state index < -0.39 is 0 Å². The number of ether oxygens (including phenoxy) is 1. The maximum absolute atomic E-state index is 11.9. The van der Waals surface area contributed by atoms with Gasteiger partial charge in [0.2, 0.25) is 5.91 Å². The van der Waals surface area contributed by atoms with E-state index in [-0.39, 0.29) is 11.9 Å². The van der Waals surface area contributed by atoms with E-state index >= 15 is 0 Å². The van der Waals surface area contributed by atoms with Gasteiger partial charge >= 0.3 is 0 Å². The molecule has 1 aromatic heterocycles. The molecule has 0 radical (unpaired) electrons. The van der Waals surface area contributed by atoms with Gasteiger partial charge in [-0.05, 0) is 36.8 Å². The van der Waals surface area contributed by atoms with Crippen LogP contribution in [-0.4, -0.2) is 13.0 Å². The molecular weight excluding hydrogens is 242 g/mol. The van der Waals surface area contributed by atoms with E-state index in [0.717, 1.165) is 17.1 Å². The molecule has 0 bridgehead atoms. The Labute approximate surface area is 112 Å². The Balaban J connectivity index is 1.90. The zero-order valence-electron chi connectivity index (χ0n) is 11.1. The second-order valence-electron chi connectivity index (χ2n) is 4.33. The lowest BCUT2D eigenvalue weighted by Gasteiger charge is -2.11. The first-order chi connectivity index (χ1) is 9.19. The quantitative estimate of drug-likeness (QED) is 0.898. The van der Waals surface area contributed by atoms with Crippen LogP contribution < -0.4 is 10.1 Å². The molecule has 0 fully saturated rings. The Morgan fingerprint density at radius 1 is 1.32 bits per heavy atom. The number of benzene rings is 1. The smallest absolute Gasteiger partial charge is 0.224 e. The van der Waals surface area contributed by atoms with Gasteiger partial charge in [0.05, 0.1) is 25.8 Å². The Bertz CT molecular complexity index is 517. The van der Waals surface area contributed by atoms with Crippen LogP contribution in [-0.2, 0) is 11.2 Å². The maximum atomic E-state index is 11.9. The summed E-state index contributed by atoms with van der Waals surface area (Å²) < 4.78 is 10.3. The predicted molar refractivity (Wildman–Crippen MR) is 72.0 cm³/mol. The molecule has 0 aliphatic heterocycles. The highest BCUT2D eigenvalue weighted by molar-refractivity contribution is 5.78. The Kier molecular flexibility index (Phi) is 4.23. The van der Waals surface area contributed by atoms with Gasteiger partial charge in [0.15, 0.2) is 0 Å². The first kappa shape index (κ1) is 13.2. The van der Waals surface area contributed by atoms with Crippen LogP contribution in [0.3, 0.4) is 0 Å². The third kappa shape index (κ3) is 3.61. The normalized spacial score (nSPS) is 11.9. The summed E-state index contributed by atoms with van der Waals surface area (Å²) in [6, 6.07) is 11.0. The summed E-state index contributed by atoms with van der Waals surface area (Å²) in [5, 5.41) is 2.90. The molecule has 1 aromatic carbocycles. The van der Waals surface area contributed by atoms with Gasteiger partial charge in [-0.2, -0.15) is 0 Å². The summed E-state index contributed by atoms with van der Waals surface area (Å²) in [4.78, 5) is 11.9. The SMILES string of the molecule is COc1ccc(CC(=O)NC(C)c2ccco2)cc1. The first-order valence-electron chi connectivity index (χ1n) is 6.14. The number of hydrogen-bond donors (Lipinski definition) is 1. The average Bonchev–Trinajstić information content (AvgIpc) is 2.93. The molecule has 1 amide bonds. The molecule has 1 heterocycles. The van der Waals surface area contributed by atoms with Crippen LogP contribution in [0.15, 0.2) is 47.1 Å². The number of rotatable bonds is 5. The van der Waals surface area contributed by atoms with Crippen molar-refractivity contribution in [3.8, 4) is 5.75 Å². The van der Waals surface area contributed by atoms with Gasteiger partial charge in [0.1, 0.15) is 11.5 Å². The number of hydrogen-bond acceptors (Lipinski definition) is 3. The maximum Gasteiger partial charge on any atom is 0.224 e. The van der Waals surface area contributed by atoms with Crippen LogP contribution in [0.4, 0.5) is 0 Å². The first-order valence-corrected chi connectivity index (χ1v) is 6.14. The lowest BCUT2D eigenvalue weighted by atomic mass is 10.1. The Morgan fingerprint density at radius 3 is 2.63 bits per heavy atom. The van der Waals surface area contributed by atoms with Crippen LogP contribution in [0.5, 0.6) is 5.75 Å². The lowest BCUT2D eigenvalue weighted by Crippen LogP contribution is -2.27. The van der Waals surface area contributed by atoms with Gasteiger partial charge in [0.25, 0.3) is 0 Å². The molecule has 1 atom stereocenters. The Hall–Kier alpha value is -2.23. The van der Waals surface area contributed by atoms with Crippen molar-refractivity contribution in [2.45, 2.75) is 19.4 Å². The summed E-state index contributed by atoms with van der Waals surface area (Å²) in [6.45, 7) is 1.89. The number of furan rings is 1. The summed E-state index contributed by atoms with van der Waals surface area (Å²) >= 11 is 0. The minimum atomic E-state index is -0.124. The number of nitrogens with one attached hydrogen (secondary N) is 1. The standard InChI is InChI=1S/C15H17NO3/c1-11(14-4-3-9-19-14)16-15(17)10-12-5-7-13(18-2)8-6-12/h3-9,11H,10H2,1-2H3,(H,16,17). The number of amides is 1. The van der Waals surface area contributed by atoms with Crippen molar-refractivity contribution < 1.29 is 13.9 Å². The van der Waals surface area contributed by atoms with Crippen molar-refractivity contribution in [2.75, 3.05) is 7.11 Å². The summed E-state index contributed by atoms with van der Waals surface area (Å²) in [6.07, 6.45) is 1.94. The van der Waals surface area contributed by atoms with E-state index in [1.165, 1.54) is 0 Å². The summed E-state index contributed by atoms with van der Waals surface area (Å²) in [7, 11) is 1.62. The topological polar surface area (TPSA) is 51.5 Å². The molecule has 4 nitrogen and oxygen atoms in total. The van der Waals surface area contributed by atoms with Crippen LogP contribution in [0, 0.1) is 0 Å². The van der Waals surface area contributed by atoms with Gasteiger partial charge in [-0.1, -0.05) is 12.1 Å². The van der Waals surface area contributed by atoms with E-state index in [0.29, 0.717) is 6.42 Å². The number of carbonyl (C=O) groups is 1. The third-order valence-corrected chi connectivity index (χ3v) is 2.87. The zero-order valence-corrected chi connectivity index (χ0v) is 11.1. The molecule has 2 aromatic rings. The van der Waals surface area contributed by atoms with Crippen molar-refractivity contribution in [1.82, 2.24) is 5.32 Å². The van der Waals surface area contributed by atoms with E-state index in [1.54, 1.807) is 13.4 Å². The monoisotopic (exact) mass is 259 g/mol. The van der Waals surface area contributed by atoms with E-state index in [2.05, 4.69) is 5.32 Å². The third-order valence-electron chi connectivity index (χ3n) is 2.87. The number of carbonyl (C=O) groups excluding carboxylic acids is 1. The summed E-state index contributed by atoms with van der Waals surface area (Å²) in [5.74, 6) is 1.50. The molecular formula is C15H17NO3. The zero-order chi connectivity index (χ0) is 13.7. The van der Waals surface area contributed by atoms with Crippen LogP contribution in [0.2, 0.25) is 0 Å².